The Hall–Kier alpha value is -3.89. The zero-order valence-electron chi connectivity index (χ0n) is 19.1. The van der Waals surface area contributed by atoms with Gasteiger partial charge in [-0.05, 0) is 54.0 Å². The topological polar surface area (TPSA) is 57.1 Å². The predicted octanol–water partition coefficient (Wildman–Crippen LogP) is 6.00. The summed E-state index contributed by atoms with van der Waals surface area (Å²) in [6, 6.07) is 9.00. The molecule has 0 unspecified atom stereocenters. The lowest BCUT2D eigenvalue weighted by molar-refractivity contribution is -0.138. The Bertz CT molecular complexity index is 1110. The minimum atomic E-state index is -4.45. The highest BCUT2D eigenvalue weighted by molar-refractivity contribution is 6.09. The molecule has 0 fully saturated rings. The highest BCUT2D eigenvalue weighted by Crippen LogP contribution is 2.30. The van der Waals surface area contributed by atoms with E-state index < -0.39 is 23.5 Å². The smallest absolute Gasteiger partial charge is 0.282 e. The summed E-state index contributed by atoms with van der Waals surface area (Å²) in [5.41, 5.74) is 2.39. The predicted molar refractivity (Wildman–Crippen MR) is 126 cm³/mol. The lowest BCUT2D eigenvalue weighted by Crippen LogP contribution is -2.45. The number of carbonyl (C=O) groups is 1. The summed E-state index contributed by atoms with van der Waals surface area (Å²) in [5.74, 6) is 0.0235. The maximum atomic E-state index is 12.8. The molecular formula is C25H22F6N4O. The van der Waals surface area contributed by atoms with Crippen LogP contribution in [0, 0.1) is 0 Å². The van der Waals surface area contributed by atoms with E-state index in [0.29, 0.717) is 30.6 Å². The third-order valence-electron chi connectivity index (χ3n) is 5.09. The fraction of sp³-hybridized carbons (Fsp3) is 0.240. The van der Waals surface area contributed by atoms with Crippen molar-refractivity contribution >= 4 is 29.7 Å². The van der Waals surface area contributed by atoms with Crippen LogP contribution in [0.5, 0.6) is 0 Å². The summed E-state index contributed by atoms with van der Waals surface area (Å²) in [5, 5.41) is 4.23. The number of nitrogens with zero attached hydrogens (tertiary/aromatic N) is 3. The number of nitrogens with one attached hydrogen (secondary N) is 1. The molecular weight excluding hydrogens is 486 g/mol. The van der Waals surface area contributed by atoms with Gasteiger partial charge in [-0.3, -0.25) is 14.7 Å². The van der Waals surface area contributed by atoms with E-state index in [1.165, 1.54) is 60.4 Å². The molecule has 0 aromatic heterocycles. The minimum absolute atomic E-state index is 0.224. The van der Waals surface area contributed by atoms with Crippen molar-refractivity contribution in [1.82, 2.24) is 10.3 Å². The quantitative estimate of drug-likeness (QED) is 0.306. The number of rotatable bonds is 5. The van der Waals surface area contributed by atoms with Gasteiger partial charge in [-0.2, -0.15) is 31.4 Å². The van der Waals surface area contributed by atoms with Crippen molar-refractivity contribution in [3.8, 4) is 0 Å². The second kappa shape index (κ2) is 11.2. The molecule has 11 heteroatoms. The van der Waals surface area contributed by atoms with Crippen LogP contribution in [-0.4, -0.2) is 35.6 Å². The molecule has 0 saturated carbocycles. The largest absolute Gasteiger partial charge is 0.416 e. The van der Waals surface area contributed by atoms with Crippen LogP contribution in [-0.2, 0) is 17.1 Å². The molecule has 0 radical (unpaired) electrons. The van der Waals surface area contributed by atoms with Gasteiger partial charge in [0.05, 0.1) is 16.8 Å². The van der Waals surface area contributed by atoms with Crippen molar-refractivity contribution in [1.29, 1.82) is 0 Å². The van der Waals surface area contributed by atoms with Crippen molar-refractivity contribution in [2.24, 2.45) is 10.1 Å². The first-order valence-corrected chi connectivity index (χ1v) is 10.8. The van der Waals surface area contributed by atoms with Crippen LogP contribution < -0.4 is 5.43 Å². The minimum Gasteiger partial charge on any atom is -0.282 e. The average Bonchev–Trinajstić information content (AvgIpc) is 2.83. The van der Waals surface area contributed by atoms with Crippen molar-refractivity contribution in [3.63, 3.8) is 0 Å². The zero-order chi connectivity index (χ0) is 26.3. The van der Waals surface area contributed by atoms with Crippen LogP contribution in [0.25, 0.3) is 12.2 Å². The van der Waals surface area contributed by atoms with Gasteiger partial charge in [0, 0.05) is 20.0 Å². The number of hydrazone groups is 1. The number of guanidine groups is 1. The van der Waals surface area contributed by atoms with Gasteiger partial charge in [0.15, 0.2) is 0 Å². The van der Waals surface area contributed by atoms with E-state index >= 15 is 0 Å². The molecule has 0 bridgehead atoms. The molecule has 1 amide bonds. The van der Waals surface area contributed by atoms with E-state index in [-0.39, 0.29) is 17.6 Å². The van der Waals surface area contributed by atoms with Crippen molar-refractivity contribution < 1.29 is 31.1 Å². The maximum Gasteiger partial charge on any atom is 0.416 e. The van der Waals surface area contributed by atoms with E-state index in [4.69, 9.17) is 0 Å². The molecule has 0 saturated heterocycles. The normalized spacial score (nSPS) is 14.8. The van der Waals surface area contributed by atoms with E-state index in [1.54, 1.807) is 0 Å². The first kappa shape index (κ1) is 26.7. The molecule has 1 N–H and O–H groups in total. The Morgan fingerprint density at radius 1 is 0.889 bits per heavy atom. The number of alkyl halides is 6. The third kappa shape index (κ3) is 7.56. The Morgan fingerprint density at radius 2 is 1.36 bits per heavy atom. The Morgan fingerprint density at radius 3 is 1.78 bits per heavy atom. The van der Waals surface area contributed by atoms with Crippen LogP contribution >= 0.6 is 0 Å². The van der Waals surface area contributed by atoms with E-state index in [2.05, 4.69) is 15.5 Å². The molecule has 36 heavy (non-hydrogen) atoms. The first-order valence-electron chi connectivity index (χ1n) is 10.8. The van der Waals surface area contributed by atoms with Gasteiger partial charge < -0.3 is 0 Å². The molecule has 1 aliphatic heterocycles. The van der Waals surface area contributed by atoms with Gasteiger partial charge in [0.2, 0.25) is 11.9 Å². The summed E-state index contributed by atoms with van der Waals surface area (Å²) >= 11 is 0. The van der Waals surface area contributed by atoms with Crippen LogP contribution in [0.1, 0.15) is 35.6 Å². The van der Waals surface area contributed by atoms with Gasteiger partial charge in [-0.15, -0.1) is 0 Å². The average molecular weight is 508 g/mol. The summed E-state index contributed by atoms with van der Waals surface area (Å²) < 4.78 is 76.8. The SMILES string of the molecule is CC(=O)N1CCCN=C1NN=C(C=Cc1ccc(C(F)(F)F)cc1)C=Cc1ccc(C(F)(F)F)cc1. The standard InChI is InChI=1S/C25H22F6N4O/c1-17(36)35-16-2-15-32-23(35)34-33-22(13-7-18-3-9-20(10-4-18)24(26,27)28)14-8-19-5-11-21(12-6-19)25(29,30)31/h3-14H,2,15-16H2,1H3,(H,32,34). The number of halogens is 6. The fourth-order valence-electron chi connectivity index (χ4n) is 3.18. The zero-order valence-corrected chi connectivity index (χ0v) is 19.1. The highest BCUT2D eigenvalue weighted by Gasteiger charge is 2.30. The number of hydrogen-bond donors (Lipinski definition) is 1. The summed E-state index contributed by atoms with van der Waals surface area (Å²) in [7, 11) is 0. The molecule has 2 aromatic rings. The Kier molecular flexibility index (Phi) is 8.33. The number of hydrogen-bond acceptors (Lipinski definition) is 4. The molecule has 190 valence electrons. The second-order valence-electron chi connectivity index (χ2n) is 7.78. The van der Waals surface area contributed by atoms with Crippen LogP contribution in [0.3, 0.4) is 0 Å². The number of allylic oxidation sites excluding steroid dienone is 2. The Balaban J connectivity index is 1.85. The van der Waals surface area contributed by atoms with Gasteiger partial charge in [0.1, 0.15) is 0 Å². The van der Waals surface area contributed by atoms with Gasteiger partial charge >= 0.3 is 12.4 Å². The lowest BCUT2D eigenvalue weighted by atomic mass is 10.1. The molecule has 0 atom stereocenters. The molecule has 1 heterocycles. The summed E-state index contributed by atoms with van der Waals surface area (Å²) in [6.07, 6.45) is -2.12. The van der Waals surface area contributed by atoms with Crippen molar-refractivity contribution in [2.45, 2.75) is 25.7 Å². The molecule has 3 rings (SSSR count). The van der Waals surface area contributed by atoms with Crippen LogP contribution in [0.15, 0.2) is 70.8 Å². The summed E-state index contributed by atoms with van der Waals surface area (Å²) in [4.78, 5) is 17.5. The molecule has 0 spiro atoms. The number of amides is 1. The van der Waals surface area contributed by atoms with E-state index in [9.17, 15) is 31.1 Å². The Labute approximate surface area is 203 Å². The van der Waals surface area contributed by atoms with Gasteiger partial charge in [-0.25, -0.2) is 5.43 Å². The highest BCUT2D eigenvalue weighted by atomic mass is 19.4. The monoisotopic (exact) mass is 508 g/mol. The maximum absolute atomic E-state index is 12.8. The van der Waals surface area contributed by atoms with E-state index in [1.807, 2.05) is 0 Å². The third-order valence-corrected chi connectivity index (χ3v) is 5.09. The van der Waals surface area contributed by atoms with Gasteiger partial charge in [0.25, 0.3) is 0 Å². The van der Waals surface area contributed by atoms with Crippen molar-refractivity contribution in [2.75, 3.05) is 13.1 Å². The number of benzene rings is 2. The number of carbonyl (C=O) groups excluding carboxylic acids is 1. The van der Waals surface area contributed by atoms with E-state index in [0.717, 1.165) is 24.3 Å². The molecule has 5 nitrogen and oxygen atoms in total. The number of aliphatic imine (C=N–C) groups is 1. The van der Waals surface area contributed by atoms with Crippen LogP contribution in [0.4, 0.5) is 26.3 Å². The molecule has 1 aliphatic rings. The fourth-order valence-corrected chi connectivity index (χ4v) is 3.18. The molecule has 0 aliphatic carbocycles. The van der Waals surface area contributed by atoms with Crippen molar-refractivity contribution in [3.05, 3.63) is 82.9 Å². The van der Waals surface area contributed by atoms with Gasteiger partial charge in [-0.1, -0.05) is 36.4 Å². The molecule has 2 aromatic carbocycles. The second-order valence-corrected chi connectivity index (χ2v) is 7.78. The van der Waals surface area contributed by atoms with Crippen LogP contribution in [0.2, 0.25) is 0 Å². The summed E-state index contributed by atoms with van der Waals surface area (Å²) in [6.45, 7) is 2.36. The lowest BCUT2D eigenvalue weighted by Gasteiger charge is -2.25. The first-order chi connectivity index (χ1) is 16.9.